The van der Waals surface area contributed by atoms with Crippen LogP contribution in [-0.2, 0) is 6.54 Å². The number of thiophene rings is 2. The normalized spacial score (nSPS) is 11.2. The molecule has 0 aliphatic heterocycles. The molecule has 4 rings (SSSR count). The summed E-state index contributed by atoms with van der Waals surface area (Å²) in [5.74, 6) is -0.0977. The van der Waals surface area contributed by atoms with E-state index in [1.54, 1.807) is 12.1 Å². The Kier molecular flexibility index (Phi) is 4.48. The molecule has 3 heterocycles. The molecule has 7 heteroatoms. The van der Waals surface area contributed by atoms with Gasteiger partial charge in [0.2, 0.25) is 0 Å². The molecular weight excluding hydrogens is 388 g/mol. The summed E-state index contributed by atoms with van der Waals surface area (Å²) in [5, 5.41) is 2.99. The second-order valence-corrected chi connectivity index (χ2v) is 8.39. The fourth-order valence-corrected chi connectivity index (χ4v) is 4.76. The van der Waals surface area contributed by atoms with Gasteiger partial charge in [-0.1, -0.05) is 29.8 Å². The fraction of sp³-hybridized carbons (Fsp3) is 0.105. The highest BCUT2D eigenvalue weighted by atomic mass is 35.5. The zero-order valence-corrected chi connectivity index (χ0v) is 16.1. The topological polar surface area (TPSA) is 52.0 Å². The van der Waals surface area contributed by atoms with Gasteiger partial charge < -0.3 is 0 Å². The molecule has 0 amide bonds. The van der Waals surface area contributed by atoms with Gasteiger partial charge in [0.05, 0.1) is 23.1 Å². The zero-order chi connectivity index (χ0) is 18.3. The smallest absolute Gasteiger partial charge is 0.263 e. The average molecular weight is 401 g/mol. The van der Waals surface area contributed by atoms with E-state index >= 15 is 0 Å². The summed E-state index contributed by atoms with van der Waals surface area (Å²) >= 11 is 8.96. The first-order valence-corrected chi connectivity index (χ1v) is 9.93. The fourth-order valence-electron chi connectivity index (χ4n) is 2.91. The van der Waals surface area contributed by atoms with Gasteiger partial charge in [0.15, 0.2) is 5.78 Å². The molecule has 0 fully saturated rings. The zero-order valence-electron chi connectivity index (χ0n) is 13.7. The number of aromatic nitrogens is 2. The number of carbonyl (C=O) groups is 1. The lowest BCUT2D eigenvalue weighted by molar-refractivity contribution is 0.0974. The molecule has 1 aromatic carbocycles. The maximum atomic E-state index is 13.1. The van der Waals surface area contributed by atoms with Crippen molar-refractivity contribution in [3.05, 3.63) is 73.2 Å². The van der Waals surface area contributed by atoms with E-state index in [-0.39, 0.29) is 17.9 Å². The number of benzene rings is 1. The molecule has 0 N–H and O–H groups in total. The van der Waals surface area contributed by atoms with Crippen LogP contribution in [0.2, 0.25) is 5.02 Å². The van der Waals surface area contributed by atoms with E-state index in [9.17, 15) is 9.59 Å². The largest absolute Gasteiger partial charge is 0.291 e. The molecule has 0 bridgehead atoms. The van der Waals surface area contributed by atoms with E-state index in [0.717, 1.165) is 16.0 Å². The van der Waals surface area contributed by atoms with E-state index in [1.165, 1.54) is 33.6 Å². The number of rotatable bonds is 4. The minimum atomic E-state index is -0.209. The first kappa shape index (κ1) is 17.1. The van der Waals surface area contributed by atoms with Crippen LogP contribution >= 0.6 is 34.3 Å². The van der Waals surface area contributed by atoms with Crippen LogP contribution in [0.25, 0.3) is 21.3 Å². The quantitative estimate of drug-likeness (QED) is 0.451. The molecule has 3 aromatic heterocycles. The van der Waals surface area contributed by atoms with Gasteiger partial charge in [-0.05, 0) is 36.1 Å². The van der Waals surface area contributed by atoms with Crippen LogP contribution in [0.3, 0.4) is 0 Å². The molecule has 0 unspecified atom stereocenters. The monoisotopic (exact) mass is 400 g/mol. The molecule has 4 nitrogen and oxygen atoms in total. The molecule has 0 saturated heterocycles. The lowest BCUT2D eigenvalue weighted by atomic mass is 10.0. The second-order valence-electron chi connectivity index (χ2n) is 5.80. The third kappa shape index (κ3) is 3.00. The predicted molar refractivity (Wildman–Crippen MR) is 108 cm³/mol. The summed E-state index contributed by atoms with van der Waals surface area (Å²) in [5.41, 5.74) is 1.50. The molecule has 0 saturated carbocycles. The first-order valence-electron chi connectivity index (χ1n) is 7.86. The Bertz CT molecular complexity index is 1180. The first-order chi connectivity index (χ1) is 12.5. The number of nitrogens with zero attached hydrogens (tertiary/aromatic N) is 2. The van der Waals surface area contributed by atoms with Gasteiger partial charge in [0, 0.05) is 15.5 Å². The maximum Gasteiger partial charge on any atom is 0.263 e. The van der Waals surface area contributed by atoms with E-state index in [4.69, 9.17) is 11.6 Å². The van der Waals surface area contributed by atoms with Crippen molar-refractivity contribution in [2.24, 2.45) is 0 Å². The minimum Gasteiger partial charge on any atom is -0.291 e. The summed E-state index contributed by atoms with van der Waals surface area (Å²) in [7, 11) is 0. The molecule has 0 spiro atoms. The van der Waals surface area contributed by atoms with Crippen molar-refractivity contribution in [3.8, 4) is 11.1 Å². The lowest BCUT2D eigenvalue weighted by Crippen LogP contribution is -2.24. The SMILES string of the molecule is Cc1sc2ncn(CC(=O)c3cccs3)c(=O)c2c1-c1cccc(Cl)c1. The Morgan fingerprint density at radius 3 is 2.85 bits per heavy atom. The highest BCUT2D eigenvalue weighted by molar-refractivity contribution is 7.19. The molecule has 4 aromatic rings. The lowest BCUT2D eigenvalue weighted by Gasteiger charge is -2.06. The Morgan fingerprint density at radius 1 is 1.27 bits per heavy atom. The number of hydrogen-bond donors (Lipinski definition) is 0. The van der Waals surface area contributed by atoms with E-state index in [0.29, 0.717) is 20.1 Å². The van der Waals surface area contributed by atoms with Crippen molar-refractivity contribution in [1.82, 2.24) is 9.55 Å². The average Bonchev–Trinajstić information content (AvgIpc) is 3.25. The maximum absolute atomic E-state index is 13.1. The highest BCUT2D eigenvalue weighted by Gasteiger charge is 2.18. The van der Waals surface area contributed by atoms with Gasteiger partial charge in [-0.2, -0.15) is 0 Å². The second kappa shape index (κ2) is 6.79. The van der Waals surface area contributed by atoms with Crippen LogP contribution < -0.4 is 5.56 Å². The van der Waals surface area contributed by atoms with E-state index in [2.05, 4.69) is 4.98 Å². The molecule has 0 atom stereocenters. The Hall–Kier alpha value is -2.28. The van der Waals surface area contributed by atoms with Crippen molar-refractivity contribution in [3.63, 3.8) is 0 Å². The summed E-state index contributed by atoms with van der Waals surface area (Å²) < 4.78 is 1.38. The molecule has 0 radical (unpaired) electrons. The van der Waals surface area contributed by atoms with Gasteiger partial charge in [0.1, 0.15) is 4.83 Å². The molecule has 0 aliphatic rings. The van der Waals surface area contributed by atoms with Gasteiger partial charge in [-0.15, -0.1) is 22.7 Å². The summed E-state index contributed by atoms with van der Waals surface area (Å²) in [4.78, 5) is 32.2. The molecule has 130 valence electrons. The number of ketones is 1. The Morgan fingerprint density at radius 2 is 2.12 bits per heavy atom. The van der Waals surface area contributed by atoms with Crippen LogP contribution in [0.1, 0.15) is 14.5 Å². The third-order valence-electron chi connectivity index (χ3n) is 4.08. The minimum absolute atomic E-state index is 0.0217. The Balaban J connectivity index is 1.86. The van der Waals surface area contributed by atoms with Crippen LogP contribution in [0.4, 0.5) is 0 Å². The van der Waals surface area contributed by atoms with Gasteiger partial charge >= 0.3 is 0 Å². The van der Waals surface area contributed by atoms with Crippen LogP contribution in [-0.4, -0.2) is 15.3 Å². The molecule has 26 heavy (non-hydrogen) atoms. The van der Waals surface area contributed by atoms with Gasteiger partial charge in [-0.3, -0.25) is 14.2 Å². The summed E-state index contributed by atoms with van der Waals surface area (Å²) in [6, 6.07) is 11.0. The van der Waals surface area contributed by atoms with Crippen LogP contribution in [0.5, 0.6) is 0 Å². The van der Waals surface area contributed by atoms with Crippen LogP contribution in [0.15, 0.2) is 52.9 Å². The molecular formula is C19H13ClN2O2S2. The number of halogens is 1. The molecule has 0 aliphatic carbocycles. The number of Topliss-reactive ketones (excluding diaryl/α,β-unsaturated/α-hetero) is 1. The summed E-state index contributed by atoms with van der Waals surface area (Å²) in [6.45, 7) is 1.94. The van der Waals surface area contributed by atoms with Crippen molar-refractivity contribution >= 4 is 50.3 Å². The van der Waals surface area contributed by atoms with E-state index < -0.39 is 0 Å². The Labute approximate surface area is 162 Å². The van der Waals surface area contributed by atoms with Crippen molar-refractivity contribution in [1.29, 1.82) is 0 Å². The number of fused-ring (bicyclic) bond motifs is 1. The van der Waals surface area contributed by atoms with Crippen molar-refractivity contribution < 1.29 is 4.79 Å². The standard InChI is InChI=1S/C19H13ClN2O2S2/c1-11-16(12-4-2-5-13(20)8-12)17-18(26-11)21-10-22(19(17)24)9-14(23)15-6-3-7-25-15/h2-8,10H,9H2,1H3. The van der Waals surface area contributed by atoms with Crippen LogP contribution in [0, 0.1) is 6.92 Å². The predicted octanol–water partition coefficient (Wildman–Crippen LogP) is 5.03. The third-order valence-corrected chi connectivity index (χ3v) is 6.24. The van der Waals surface area contributed by atoms with Gasteiger partial charge in [0.25, 0.3) is 5.56 Å². The van der Waals surface area contributed by atoms with E-state index in [1.807, 2.05) is 36.6 Å². The number of hydrogen-bond acceptors (Lipinski definition) is 5. The number of aryl methyl sites for hydroxylation is 1. The number of carbonyl (C=O) groups excluding carboxylic acids is 1. The van der Waals surface area contributed by atoms with Crippen molar-refractivity contribution in [2.75, 3.05) is 0 Å². The van der Waals surface area contributed by atoms with Gasteiger partial charge in [-0.25, -0.2) is 4.98 Å². The van der Waals surface area contributed by atoms with Crippen molar-refractivity contribution in [2.45, 2.75) is 13.5 Å². The summed E-state index contributed by atoms with van der Waals surface area (Å²) in [6.07, 6.45) is 1.45. The highest BCUT2D eigenvalue weighted by Crippen LogP contribution is 2.36.